The summed E-state index contributed by atoms with van der Waals surface area (Å²) in [5.74, 6) is 0.865. The maximum absolute atomic E-state index is 6.00. The van der Waals surface area contributed by atoms with Gasteiger partial charge in [0.05, 0.1) is 13.2 Å². The number of rotatable bonds is 6. The molecule has 0 spiro atoms. The molecule has 0 aromatic heterocycles. The fraction of sp³-hybridized carbons (Fsp3) is 0.333. The van der Waals surface area contributed by atoms with Gasteiger partial charge in [-0.15, -0.1) is 0 Å². The molecule has 0 saturated carbocycles. The molecule has 21 heavy (non-hydrogen) atoms. The molecule has 112 valence electrons. The monoisotopic (exact) mass is 284 g/mol. The third kappa shape index (κ3) is 3.56. The van der Waals surface area contributed by atoms with Crippen LogP contribution in [0, 0.1) is 0 Å². The quantitative estimate of drug-likeness (QED) is 0.883. The summed E-state index contributed by atoms with van der Waals surface area (Å²) in [7, 11) is 3.75. The largest absolute Gasteiger partial charge is 0.497 e. The molecule has 0 heterocycles. The molecule has 0 aliphatic rings. The highest BCUT2D eigenvalue weighted by atomic mass is 16.5. The van der Waals surface area contributed by atoms with Crippen molar-refractivity contribution in [3.05, 3.63) is 59.7 Å². The van der Waals surface area contributed by atoms with E-state index < -0.39 is 0 Å². The second-order valence-corrected chi connectivity index (χ2v) is 5.16. The molecule has 1 atom stereocenters. The number of benzene rings is 2. The molecule has 0 radical (unpaired) electrons. The van der Waals surface area contributed by atoms with Crippen LogP contribution in [0.2, 0.25) is 0 Å². The number of nitrogens with zero attached hydrogens (tertiary/aromatic N) is 1. The standard InChI is InChI=1S/C18H24N2O/c1-4-14-5-7-15(8-6-14)18(13-19)20(2)16-9-11-17(21-3)12-10-16/h5-12,18H,4,13,19H2,1-3H3. The molecule has 2 aromatic rings. The van der Waals surface area contributed by atoms with Gasteiger partial charge in [-0.3, -0.25) is 0 Å². The van der Waals surface area contributed by atoms with E-state index in [0.717, 1.165) is 17.9 Å². The molecule has 2 N–H and O–H groups in total. The predicted molar refractivity (Wildman–Crippen MR) is 89.0 cm³/mol. The smallest absolute Gasteiger partial charge is 0.119 e. The minimum Gasteiger partial charge on any atom is -0.497 e. The highest BCUT2D eigenvalue weighted by Crippen LogP contribution is 2.26. The molecule has 3 heteroatoms. The Morgan fingerprint density at radius 3 is 2.14 bits per heavy atom. The maximum Gasteiger partial charge on any atom is 0.119 e. The van der Waals surface area contributed by atoms with Gasteiger partial charge in [0.15, 0.2) is 0 Å². The van der Waals surface area contributed by atoms with Crippen LogP contribution in [0.15, 0.2) is 48.5 Å². The molecule has 0 saturated heterocycles. The summed E-state index contributed by atoms with van der Waals surface area (Å²) in [5.41, 5.74) is 9.73. The van der Waals surface area contributed by atoms with Crippen molar-refractivity contribution < 1.29 is 4.74 Å². The Hall–Kier alpha value is -2.00. The lowest BCUT2D eigenvalue weighted by atomic mass is 10.0. The number of hydrogen-bond donors (Lipinski definition) is 1. The minimum atomic E-state index is 0.171. The third-order valence-corrected chi connectivity index (χ3v) is 3.94. The fourth-order valence-corrected chi connectivity index (χ4v) is 2.49. The first kappa shape index (κ1) is 15.4. The van der Waals surface area contributed by atoms with Gasteiger partial charge in [-0.2, -0.15) is 0 Å². The van der Waals surface area contributed by atoms with Crippen molar-refractivity contribution in [1.82, 2.24) is 0 Å². The van der Waals surface area contributed by atoms with Crippen LogP contribution in [0.25, 0.3) is 0 Å². The first-order valence-corrected chi connectivity index (χ1v) is 7.35. The SMILES string of the molecule is CCc1ccc(C(CN)N(C)c2ccc(OC)cc2)cc1. The zero-order valence-electron chi connectivity index (χ0n) is 13.0. The molecule has 0 fully saturated rings. The van der Waals surface area contributed by atoms with Gasteiger partial charge in [-0.1, -0.05) is 31.2 Å². The second-order valence-electron chi connectivity index (χ2n) is 5.16. The number of anilines is 1. The third-order valence-electron chi connectivity index (χ3n) is 3.94. The predicted octanol–water partition coefficient (Wildman–Crippen LogP) is 3.39. The van der Waals surface area contributed by atoms with Crippen molar-refractivity contribution in [2.45, 2.75) is 19.4 Å². The molecule has 2 aromatic carbocycles. The van der Waals surface area contributed by atoms with E-state index in [1.54, 1.807) is 7.11 Å². The van der Waals surface area contributed by atoms with Crippen LogP contribution in [-0.4, -0.2) is 20.7 Å². The Morgan fingerprint density at radius 2 is 1.67 bits per heavy atom. The van der Waals surface area contributed by atoms with E-state index >= 15 is 0 Å². The van der Waals surface area contributed by atoms with Crippen LogP contribution < -0.4 is 15.4 Å². The normalized spacial score (nSPS) is 12.0. The lowest BCUT2D eigenvalue weighted by Crippen LogP contribution is -2.30. The van der Waals surface area contributed by atoms with E-state index in [4.69, 9.17) is 10.5 Å². The number of nitrogens with two attached hydrogens (primary N) is 1. The lowest BCUT2D eigenvalue weighted by molar-refractivity contribution is 0.415. The summed E-state index contributed by atoms with van der Waals surface area (Å²) in [6.45, 7) is 2.74. The molecule has 0 aliphatic heterocycles. The van der Waals surface area contributed by atoms with Crippen molar-refractivity contribution in [3.63, 3.8) is 0 Å². The van der Waals surface area contributed by atoms with E-state index in [9.17, 15) is 0 Å². The Balaban J connectivity index is 2.21. The number of aryl methyl sites for hydroxylation is 1. The highest BCUT2D eigenvalue weighted by molar-refractivity contribution is 5.50. The summed E-state index contributed by atoms with van der Waals surface area (Å²) in [6, 6.07) is 16.9. The Morgan fingerprint density at radius 1 is 1.05 bits per heavy atom. The van der Waals surface area contributed by atoms with Crippen LogP contribution in [0.4, 0.5) is 5.69 Å². The molecule has 2 rings (SSSR count). The second kappa shape index (κ2) is 7.14. The summed E-state index contributed by atoms with van der Waals surface area (Å²) in [6.07, 6.45) is 1.06. The van der Waals surface area contributed by atoms with E-state index in [1.807, 2.05) is 12.1 Å². The molecule has 0 bridgehead atoms. The van der Waals surface area contributed by atoms with Gasteiger partial charge < -0.3 is 15.4 Å². The van der Waals surface area contributed by atoms with E-state index in [1.165, 1.54) is 11.1 Å². The van der Waals surface area contributed by atoms with E-state index in [0.29, 0.717) is 6.54 Å². The highest BCUT2D eigenvalue weighted by Gasteiger charge is 2.16. The van der Waals surface area contributed by atoms with Crippen LogP contribution in [0.1, 0.15) is 24.1 Å². The zero-order chi connectivity index (χ0) is 15.2. The Kier molecular flexibility index (Phi) is 5.23. The van der Waals surface area contributed by atoms with Crippen molar-refractivity contribution in [2.24, 2.45) is 5.73 Å². The Bertz CT molecular complexity index is 548. The van der Waals surface area contributed by atoms with Crippen molar-refractivity contribution in [2.75, 3.05) is 25.6 Å². The van der Waals surface area contributed by atoms with Gasteiger partial charge in [0.25, 0.3) is 0 Å². The fourth-order valence-electron chi connectivity index (χ4n) is 2.49. The average Bonchev–Trinajstić information content (AvgIpc) is 2.56. The number of methoxy groups -OCH3 is 1. The molecule has 0 aliphatic carbocycles. The maximum atomic E-state index is 6.00. The summed E-state index contributed by atoms with van der Waals surface area (Å²) in [4.78, 5) is 2.21. The lowest BCUT2D eigenvalue weighted by Gasteiger charge is -2.29. The molecule has 0 amide bonds. The van der Waals surface area contributed by atoms with Crippen LogP contribution >= 0.6 is 0 Å². The summed E-state index contributed by atoms with van der Waals surface area (Å²) in [5, 5.41) is 0. The molecule has 1 unspecified atom stereocenters. The van der Waals surface area contributed by atoms with Crippen LogP contribution in [-0.2, 0) is 6.42 Å². The van der Waals surface area contributed by atoms with Gasteiger partial charge in [-0.05, 0) is 41.8 Å². The minimum absolute atomic E-state index is 0.171. The van der Waals surface area contributed by atoms with Crippen molar-refractivity contribution >= 4 is 5.69 Å². The first-order valence-electron chi connectivity index (χ1n) is 7.35. The zero-order valence-corrected chi connectivity index (χ0v) is 13.0. The average molecular weight is 284 g/mol. The van der Waals surface area contributed by atoms with Crippen LogP contribution in [0.3, 0.4) is 0 Å². The number of ether oxygens (including phenoxy) is 1. The topological polar surface area (TPSA) is 38.5 Å². The summed E-state index contributed by atoms with van der Waals surface area (Å²) < 4.78 is 5.20. The molecular weight excluding hydrogens is 260 g/mol. The number of likely N-dealkylation sites (N-methyl/N-ethyl adjacent to an activating group) is 1. The van der Waals surface area contributed by atoms with E-state index in [-0.39, 0.29) is 6.04 Å². The number of hydrogen-bond acceptors (Lipinski definition) is 3. The van der Waals surface area contributed by atoms with Crippen LogP contribution in [0.5, 0.6) is 5.75 Å². The van der Waals surface area contributed by atoms with Gasteiger partial charge >= 0.3 is 0 Å². The van der Waals surface area contributed by atoms with Gasteiger partial charge in [-0.25, -0.2) is 0 Å². The van der Waals surface area contributed by atoms with Gasteiger partial charge in [0, 0.05) is 19.3 Å². The van der Waals surface area contributed by atoms with Gasteiger partial charge in [0.1, 0.15) is 5.75 Å². The van der Waals surface area contributed by atoms with Gasteiger partial charge in [0.2, 0.25) is 0 Å². The van der Waals surface area contributed by atoms with Crippen molar-refractivity contribution in [1.29, 1.82) is 0 Å². The molecule has 3 nitrogen and oxygen atoms in total. The van der Waals surface area contributed by atoms with Crippen molar-refractivity contribution in [3.8, 4) is 5.75 Å². The van der Waals surface area contributed by atoms with E-state index in [2.05, 4.69) is 55.3 Å². The Labute approximate surface area is 127 Å². The molecular formula is C18H24N2O. The first-order chi connectivity index (χ1) is 10.2. The summed E-state index contributed by atoms with van der Waals surface area (Å²) >= 11 is 0.